The van der Waals surface area contributed by atoms with Gasteiger partial charge in [-0.2, -0.15) is 0 Å². The highest BCUT2D eigenvalue weighted by Crippen LogP contribution is 2.40. The van der Waals surface area contributed by atoms with Crippen molar-refractivity contribution in [3.63, 3.8) is 0 Å². The minimum Gasteiger partial charge on any atom is -0.324 e. The molecule has 0 amide bonds. The van der Waals surface area contributed by atoms with Crippen LogP contribution in [0.25, 0.3) is 0 Å². The first kappa shape index (κ1) is 23.3. The van der Waals surface area contributed by atoms with Crippen LogP contribution in [0.2, 0.25) is 0 Å². The van der Waals surface area contributed by atoms with Gasteiger partial charge in [-0.3, -0.25) is 18.6 Å². The van der Waals surface area contributed by atoms with E-state index in [2.05, 4.69) is 5.32 Å². The van der Waals surface area contributed by atoms with Gasteiger partial charge in [-0.15, -0.1) is 0 Å². The van der Waals surface area contributed by atoms with Crippen molar-refractivity contribution in [3.8, 4) is 0 Å². The highest BCUT2D eigenvalue weighted by atomic mass is 31.2. The van der Waals surface area contributed by atoms with Crippen molar-refractivity contribution in [2.75, 3.05) is 52.1 Å². The number of nitrogens with zero attached hydrogens (tertiary/aromatic N) is 2. The Morgan fingerprint density at radius 1 is 0.783 bits per heavy atom. The molecule has 15 heteroatoms. The quantitative estimate of drug-likeness (QED) is 0.144. The highest BCUT2D eigenvalue weighted by Gasteiger charge is 2.25. The van der Waals surface area contributed by atoms with Gasteiger partial charge in [0.25, 0.3) is 0 Å². The monoisotopic (exact) mass is 399 g/mol. The van der Waals surface area contributed by atoms with E-state index in [0.29, 0.717) is 6.54 Å². The maximum Gasteiger partial charge on any atom is 0.339 e. The van der Waals surface area contributed by atoms with E-state index < -0.39 is 41.6 Å². The average Bonchev–Trinajstić information content (AvgIpc) is 2.26. The molecule has 0 radical (unpaired) electrons. The molecule has 0 aromatic heterocycles. The maximum absolute atomic E-state index is 11.0. The zero-order chi connectivity index (χ0) is 18.3. The van der Waals surface area contributed by atoms with Gasteiger partial charge >= 0.3 is 22.8 Å². The molecule has 0 heterocycles. The van der Waals surface area contributed by atoms with Gasteiger partial charge in [-0.25, -0.2) is 0 Å². The number of nitrogens with one attached hydrogen (secondary N) is 1. The van der Waals surface area contributed by atoms with Crippen LogP contribution in [0.3, 0.4) is 0 Å². The lowest BCUT2D eigenvalue weighted by atomic mass is 10.5. The Hall–Kier alpha value is 0.330. The van der Waals surface area contributed by atoms with Crippen LogP contribution in [-0.2, 0) is 13.7 Å². The lowest BCUT2D eigenvalue weighted by Gasteiger charge is -2.25. The number of hydrogen-bond acceptors (Lipinski definition) is 6. The fourth-order valence-electron chi connectivity index (χ4n) is 1.63. The summed E-state index contributed by atoms with van der Waals surface area (Å²) in [5, 5.41) is 2.55. The molecule has 140 valence electrons. The topological polar surface area (TPSA) is 191 Å². The van der Waals surface area contributed by atoms with Crippen LogP contribution in [0.1, 0.15) is 0 Å². The molecule has 0 rings (SSSR count). The predicted molar refractivity (Wildman–Crippen MR) is 82.9 cm³/mol. The molecule has 12 nitrogen and oxygen atoms in total. The Labute approximate surface area is 134 Å². The van der Waals surface area contributed by atoms with E-state index in [1.165, 1.54) is 0 Å². The Morgan fingerprint density at radius 2 is 1.26 bits per heavy atom. The lowest BCUT2D eigenvalue weighted by molar-refractivity contribution is 0.239. The summed E-state index contributed by atoms with van der Waals surface area (Å²) >= 11 is 0. The van der Waals surface area contributed by atoms with Gasteiger partial charge in [0.15, 0.2) is 0 Å². The molecular weight excluding hydrogens is 375 g/mol. The SMILES string of the molecule is CN(CCNCP(=O)(O)O)CCN(CP(=O)(O)O)CP(=O)(O)O. The van der Waals surface area contributed by atoms with Crippen LogP contribution in [0, 0.1) is 0 Å². The lowest BCUT2D eigenvalue weighted by Crippen LogP contribution is -2.37. The van der Waals surface area contributed by atoms with E-state index in [1.54, 1.807) is 11.9 Å². The van der Waals surface area contributed by atoms with E-state index in [1.807, 2.05) is 0 Å². The summed E-state index contributed by atoms with van der Waals surface area (Å²) in [6.07, 6.45) is -1.98. The summed E-state index contributed by atoms with van der Waals surface area (Å²) in [5.74, 6) is 0. The van der Waals surface area contributed by atoms with Crippen LogP contribution in [0.4, 0.5) is 0 Å². The second kappa shape index (κ2) is 9.72. The Kier molecular flexibility index (Phi) is 9.86. The zero-order valence-electron chi connectivity index (χ0n) is 12.6. The Balaban J connectivity index is 4.25. The third-order valence-corrected chi connectivity index (χ3v) is 4.73. The molecule has 0 saturated heterocycles. The molecule has 0 aliphatic carbocycles. The predicted octanol–water partition coefficient (Wildman–Crippen LogP) is -1.78. The van der Waals surface area contributed by atoms with Gasteiger partial charge in [-0.05, 0) is 7.05 Å². The van der Waals surface area contributed by atoms with E-state index >= 15 is 0 Å². The average molecular weight is 399 g/mol. The van der Waals surface area contributed by atoms with Crippen molar-refractivity contribution in [2.45, 2.75) is 0 Å². The fourth-order valence-corrected chi connectivity index (χ4v) is 3.76. The molecule has 0 aliphatic heterocycles. The van der Waals surface area contributed by atoms with Gasteiger partial charge in [-0.1, -0.05) is 0 Å². The van der Waals surface area contributed by atoms with Crippen LogP contribution in [-0.4, -0.2) is 91.2 Å². The molecular formula is C8H24N3O9P3. The molecule has 0 aromatic carbocycles. The minimum atomic E-state index is -4.45. The smallest absolute Gasteiger partial charge is 0.324 e. The van der Waals surface area contributed by atoms with E-state index in [9.17, 15) is 13.7 Å². The van der Waals surface area contributed by atoms with Crippen molar-refractivity contribution < 1.29 is 43.1 Å². The molecule has 0 fully saturated rings. The molecule has 23 heavy (non-hydrogen) atoms. The van der Waals surface area contributed by atoms with E-state index in [-0.39, 0.29) is 19.6 Å². The van der Waals surface area contributed by atoms with Crippen LogP contribution in [0.15, 0.2) is 0 Å². The summed E-state index contributed by atoms with van der Waals surface area (Å²) in [4.78, 5) is 55.7. The molecule has 0 aliphatic rings. The normalized spacial score (nSPS) is 14.0. The Bertz CT molecular complexity index is 462. The van der Waals surface area contributed by atoms with Gasteiger partial charge in [0.05, 0.1) is 6.29 Å². The van der Waals surface area contributed by atoms with Crippen LogP contribution >= 0.6 is 22.8 Å². The number of likely N-dealkylation sites (N-methyl/N-ethyl adjacent to an activating group) is 1. The van der Waals surface area contributed by atoms with Gasteiger partial charge in [0.2, 0.25) is 0 Å². The van der Waals surface area contributed by atoms with Crippen molar-refractivity contribution in [1.82, 2.24) is 15.1 Å². The van der Waals surface area contributed by atoms with E-state index in [4.69, 9.17) is 29.4 Å². The summed E-state index contributed by atoms with van der Waals surface area (Å²) in [5.41, 5.74) is 0. The standard InChI is InChI=1S/C8H24N3O9P3/c1-10(3-2-9-6-21(12,13)14)4-5-11(7-22(15,16)17)8-23(18,19)20/h9H,2-8H2,1H3,(H2,12,13,14)(H2,15,16,17)(H2,18,19,20). The summed E-state index contributed by atoms with van der Waals surface area (Å²) in [6.45, 7) is 0.945. The van der Waals surface area contributed by atoms with E-state index in [0.717, 1.165) is 4.90 Å². The maximum atomic E-state index is 11.0. The van der Waals surface area contributed by atoms with Crippen LogP contribution in [0.5, 0.6) is 0 Å². The van der Waals surface area contributed by atoms with Crippen molar-refractivity contribution in [3.05, 3.63) is 0 Å². The van der Waals surface area contributed by atoms with Gasteiger partial charge < -0.3 is 39.6 Å². The molecule has 0 aromatic rings. The molecule has 0 bridgehead atoms. The molecule has 0 spiro atoms. The molecule has 0 unspecified atom stereocenters. The molecule has 0 atom stereocenters. The van der Waals surface area contributed by atoms with Crippen molar-refractivity contribution in [1.29, 1.82) is 0 Å². The summed E-state index contributed by atoms with van der Waals surface area (Å²) < 4.78 is 32.6. The zero-order valence-corrected chi connectivity index (χ0v) is 15.3. The number of rotatable bonds is 12. The van der Waals surface area contributed by atoms with Crippen LogP contribution < -0.4 is 5.32 Å². The highest BCUT2D eigenvalue weighted by molar-refractivity contribution is 7.52. The molecule has 7 N–H and O–H groups in total. The minimum absolute atomic E-state index is 0.0191. The van der Waals surface area contributed by atoms with Gasteiger partial charge in [0, 0.05) is 26.2 Å². The largest absolute Gasteiger partial charge is 0.339 e. The van der Waals surface area contributed by atoms with Gasteiger partial charge in [0.1, 0.15) is 12.6 Å². The van der Waals surface area contributed by atoms with Crippen molar-refractivity contribution >= 4 is 22.8 Å². The second-order valence-electron chi connectivity index (χ2n) is 5.13. The molecule has 0 saturated carbocycles. The fraction of sp³-hybridized carbons (Fsp3) is 1.00. The first-order chi connectivity index (χ1) is 10.2. The first-order valence-corrected chi connectivity index (χ1v) is 11.8. The third kappa shape index (κ3) is 17.0. The number of hydrogen-bond donors (Lipinski definition) is 7. The summed E-state index contributed by atoms with van der Waals surface area (Å²) in [6, 6.07) is 0. The Morgan fingerprint density at radius 3 is 1.65 bits per heavy atom. The summed E-state index contributed by atoms with van der Waals surface area (Å²) in [7, 11) is -11.4. The van der Waals surface area contributed by atoms with Crippen molar-refractivity contribution in [2.24, 2.45) is 0 Å². The second-order valence-corrected chi connectivity index (χ2v) is 10.0. The first-order valence-electron chi connectivity index (χ1n) is 6.43. The third-order valence-electron chi connectivity index (χ3n) is 2.55.